The van der Waals surface area contributed by atoms with Crippen LogP contribution in [0.1, 0.15) is 48.9 Å². The maximum absolute atomic E-state index is 2.34. The maximum Gasteiger partial charge on any atom is -0.00578 e. The lowest BCUT2D eigenvalue weighted by molar-refractivity contribution is 0.847. The molecule has 14 heavy (non-hydrogen) atoms. The predicted molar refractivity (Wildman–Crippen MR) is 62.6 cm³/mol. The molecule has 0 aromatic heterocycles. The van der Waals surface area contributed by atoms with Gasteiger partial charge in [-0.05, 0) is 42.9 Å². The van der Waals surface area contributed by atoms with E-state index in [0.717, 1.165) is 6.42 Å². The Hall–Kier alpha value is -1.04. The Labute approximate surface area is 86.7 Å². The number of aryl methyl sites for hydroxylation is 1. The van der Waals surface area contributed by atoms with E-state index in [-0.39, 0.29) is 0 Å². The second-order valence-corrected chi connectivity index (χ2v) is 4.74. The number of benzene rings is 1. The molecule has 0 nitrogen and oxygen atoms in total. The molecule has 0 saturated heterocycles. The summed E-state index contributed by atoms with van der Waals surface area (Å²) in [6, 6.07) is 4.65. The average Bonchev–Trinajstić information content (AvgIpc) is 2.42. The summed E-state index contributed by atoms with van der Waals surface area (Å²) in [6.07, 6.45) is 3.48. The standard InChI is InChI=1S/C14H18/c1-9(2)13-7-10(3)5-12-6-11(4)8-14(12)13/h5-7,9H,8H2,1-4H3. The van der Waals surface area contributed by atoms with E-state index in [2.05, 4.69) is 45.9 Å². The van der Waals surface area contributed by atoms with Crippen molar-refractivity contribution in [3.8, 4) is 0 Å². The molecule has 0 amide bonds. The van der Waals surface area contributed by atoms with Crippen LogP contribution in [0.4, 0.5) is 0 Å². The topological polar surface area (TPSA) is 0 Å². The lowest BCUT2D eigenvalue weighted by atomic mass is 9.92. The highest BCUT2D eigenvalue weighted by atomic mass is 14.2. The highest BCUT2D eigenvalue weighted by Gasteiger charge is 2.15. The van der Waals surface area contributed by atoms with Gasteiger partial charge in [-0.2, -0.15) is 0 Å². The van der Waals surface area contributed by atoms with Gasteiger partial charge in [0.15, 0.2) is 0 Å². The minimum atomic E-state index is 0.642. The first kappa shape index (κ1) is 9.51. The Morgan fingerprint density at radius 3 is 2.50 bits per heavy atom. The molecule has 1 aliphatic rings. The van der Waals surface area contributed by atoms with Crippen LogP contribution in [0.5, 0.6) is 0 Å². The van der Waals surface area contributed by atoms with Crippen molar-refractivity contribution < 1.29 is 0 Å². The van der Waals surface area contributed by atoms with Gasteiger partial charge in [-0.3, -0.25) is 0 Å². The molecule has 0 bridgehead atoms. The predicted octanol–water partition coefficient (Wildman–Crippen LogP) is 4.08. The van der Waals surface area contributed by atoms with E-state index in [9.17, 15) is 0 Å². The molecular weight excluding hydrogens is 168 g/mol. The quantitative estimate of drug-likeness (QED) is 0.620. The highest BCUT2D eigenvalue weighted by Crippen LogP contribution is 2.32. The molecule has 0 saturated carbocycles. The number of hydrogen-bond acceptors (Lipinski definition) is 0. The zero-order chi connectivity index (χ0) is 10.3. The Kier molecular flexibility index (Phi) is 2.22. The van der Waals surface area contributed by atoms with Crippen molar-refractivity contribution in [1.82, 2.24) is 0 Å². The first-order chi connectivity index (χ1) is 6.58. The fraction of sp³-hybridized carbons (Fsp3) is 0.429. The summed E-state index contributed by atoms with van der Waals surface area (Å²) in [6.45, 7) is 8.97. The third-order valence-corrected chi connectivity index (χ3v) is 2.94. The van der Waals surface area contributed by atoms with E-state index in [1.807, 2.05) is 0 Å². The summed E-state index contributed by atoms with van der Waals surface area (Å²) in [5.74, 6) is 0.642. The molecule has 0 atom stereocenters. The first-order valence-corrected chi connectivity index (χ1v) is 5.38. The Morgan fingerprint density at radius 1 is 1.14 bits per heavy atom. The summed E-state index contributed by atoms with van der Waals surface area (Å²) < 4.78 is 0. The summed E-state index contributed by atoms with van der Waals surface area (Å²) in [5, 5.41) is 0. The molecule has 0 fully saturated rings. The minimum absolute atomic E-state index is 0.642. The van der Waals surface area contributed by atoms with E-state index in [1.165, 1.54) is 22.3 Å². The van der Waals surface area contributed by atoms with Crippen molar-refractivity contribution in [3.63, 3.8) is 0 Å². The van der Waals surface area contributed by atoms with Gasteiger partial charge >= 0.3 is 0 Å². The third-order valence-electron chi connectivity index (χ3n) is 2.94. The number of fused-ring (bicyclic) bond motifs is 1. The van der Waals surface area contributed by atoms with Crippen LogP contribution in [-0.4, -0.2) is 0 Å². The second-order valence-electron chi connectivity index (χ2n) is 4.74. The summed E-state index contributed by atoms with van der Waals surface area (Å²) >= 11 is 0. The Bertz CT molecular complexity index is 395. The van der Waals surface area contributed by atoms with Gasteiger partial charge in [0.25, 0.3) is 0 Å². The van der Waals surface area contributed by atoms with Gasteiger partial charge in [-0.15, -0.1) is 0 Å². The van der Waals surface area contributed by atoms with Gasteiger partial charge in [0, 0.05) is 0 Å². The summed E-state index contributed by atoms with van der Waals surface area (Å²) in [7, 11) is 0. The smallest absolute Gasteiger partial charge is 0.00578 e. The van der Waals surface area contributed by atoms with Gasteiger partial charge in [0.1, 0.15) is 0 Å². The molecular formula is C14H18. The lowest BCUT2D eigenvalue weighted by Crippen LogP contribution is -1.97. The SMILES string of the molecule is CC1=Cc2cc(C)cc(C(C)C)c2C1. The van der Waals surface area contributed by atoms with Crippen molar-refractivity contribution in [3.05, 3.63) is 40.0 Å². The first-order valence-electron chi connectivity index (χ1n) is 5.38. The van der Waals surface area contributed by atoms with Gasteiger partial charge in [0.2, 0.25) is 0 Å². The Balaban J connectivity index is 2.58. The summed E-state index contributed by atoms with van der Waals surface area (Å²) in [5.41, 5.74) is 7.42. The molecule has 0 N–H and O–H groups in total. The van der Waals surface area contributed by atoms with E-state index >= 15 is 0 Å². The van der Waals surface area contributed by atoms with E-state index < -0.39 is 0 Å². The average molecular weight is 186 g/mol. The van der Waals surface area contributed by atoms with Crippen LogP contribution in [0.15, 0.2) is 17.7 Å². The van der Waals surface area contributed by atoms with Crippen LogP contribution in [0.3, 0.4) is 0 Å². The van der Waals surface area contributed by atoms with Crippen LogP contribution in [0.25, 0.3) is 6.08 Å². The van der Waals surface area contributed by atoms with E-state index in [4.69, 9.17) is 0 Å². The second kappa shape index (κ2) is 3.27. The normalized spacial score (nSPS) is 14.5. The molecule has 0 unspecified atom stereocenters. The van der Waals surface area contributed by atoms with E-state index in [0.29, 0.717) is 5.92 Å². The molecule has 0 radical (unpaired) electrons. The van der Waals surface area contributed by atoms with Crippen molar-refractivity contribution in [2.75, 3.05) is 0 Å². The highest BCUT2D eigenvalue weighted by molar-refractivity contribution is 5.66. The fourth-order valence-corrected chi connectivity index (χ4v) is 2.32. The van der Waals surface area contributed by atoms with Gasteiger partial charge in [-0.1, -0.05) is 43.2 Å². The molecule has 2 rings (SSSR count). The molecule has 0 spiro atoms. The minimum Gasteiger partial charge on any atom is -0.0683 e. The van der Waals surface area contributed by atoms with Crippen LogP contribution in [-0.2, 0) is 6.42 Å². The van der Waals surface area contributed by atoms with Crippen LogP contribution >= 0.6 is 0 Å². The van der Waals surface area contributed by atoms with Crippen molar-refractivity contribution in [2.45, 2.75) is 40.0 Å². The molecule has 1 aromatic rings. The van der Waals surface area contributed by atoms with Gasteiger partial charge in [0.05, 0.1) is 0 Å². The molecule has 1 aliphatic carbocycles. The van der Waals surface area contributed by atoms with Crippen LogP contribution < -0.4 is 0 Å². The summed E-state index contributed by atoms with van der Waals surface area (Å²) in [4.78, 5) is 0. The fourth-order valence-electron chi connectivity index (χ4n) is 2.32. The number of allylic oxidation sites excluding steroid dienone is 1. The molecule has 0 heterocycles. The zero-order valence-corrected chi connectivity index (χ0v) is 9.52. The maximum atomic E-state index is 2.34. The Morgan fingerprint density at radius 2 is 1.86 bits per heavy atom. The monoisotopic (exact) mass is 186 g/mol. The van der Waals surface area contributed by atoms with E-state index in [1.54, 1.807) is 5.56 Å². The van der Waals surface area contributed by atoms with Crippen molar-refractivity contribution >= 4 is 6.08 Å². The van der Waals surface area contributed by atoms with Crippen molar-refractivity contribution in [1.29, 1.82) is 0 Å². The van der Waals surface area contributed by atoms with Crippen LogP contribution in [0.2, 0.25) is 0 Å². The lowest BCUT2D eigenvalue weighted by Gasteiger charge is -2.13. The van der Waals surface area contributed by atoms with Gasteiger partial charge < -0.3 is 0 Å². The third kappa shape index (κ3) is 1.50. The molecule has 1 aromatic carbocycles. The van der Waals surface area contributed by atoms with Gasteiger partial charge in [-0.25, -0.2) is 0 Å². The molecule has 0 aliphatic heterocycles. The molecule has 0 heteroatoms. The number of rotatable bonds is 1. The zero-order valence-electron chi connectivity index (χ0n) is 9.52. The number of hydrogen-bond donors (Lipinski definition) is 0. The van der Waals surface area contributed by atoms with Crippen LogP contribution in [0, 0.1) is 6.92 Å². The largest absolute Gasteiger partial charge is 0.0683 e. The molecule has 74 valence electrons. The van der Waals surface area contributed by atoms with Crippen molar-refractivity contribution in [2.24, 2.45) is 0 Å².